The summed E-state index contributed by atoms with van der Waals surface area (Å²) < 4.78 is 0. The van der Waals surface area contributed by atoms with Crippen molar-refractivity contribution >= 4 is 16.5 Å². The lowest BCUT2D eigenvalue weighted by molar-refractivity contribution is 0.251. The Morgan fingerprint density at radius 1 is 1.11 bits per heavy atom. The van der Waals surface area contributed by atoms with Crippen LogP contribution in [0.5, 0.6) is 0 Å². The number of likely N-dealkylation sites (tertiary alicyclic amines) is 1. The maximum atomic E-state index is 4.53. The zero-order valence-electron chi connectivity index (χ0n) is 16.7. The Labute approximate surface area is 171 Å². The lowest BCUT2D eigenvalue weighted by Crippen LogP contribution is -2.22. The first-order valence-electron chi connectivity index (χ1n) is 10.1. The Kier molecular flexibility index (Phi) is 6.03. The van der Waals surface area contributed by atoms with Crippen LogP contribution in [0.3, 0.4) is 0 Å². The van der Waals surface area contributed by atoms with Gasteiger partial charge in [-0.25, -0.2) is 4.98 Å². The number of benzene rings is 1. The number of rotatable bonds is 7. The summed E-state index contributed by atoms with van der Waals surface area (Å²) in [7, 11) is 0. The summed E-state index contributed by atoms with van der Waals surface area (Å²) in [6.07, 6.45) is 7.41. The zero-order chi connectivity index (χ0) is 19.3. The Balaban J connectivity index is 1.40. The van der Waals surface area contributed by atoms with E-state index in [2.05, 4.69) is 69.7 Å². The second-order valence-electron chi connectivity index (χ2n) is 7.53. The highest BCUT2D eigenvalue weighted by Crippen LogP contribution is 2.37. The average Bonchev–Trinajstić information content (AvgIpc) is 3.33. The number of aromatic nitrogens is 2. The van der Waals surface area contributed by atoms with Gasteiger partial charge < -0.3 is 5.32 Å². The van der Waals surface area contributed by atoms with Gasteiger partial charge in [0.15, 0.2) is 5.13 Å². The van der Waals surface area contributed by atoms with Crippen LogP contribution in [0.1, 0.15) is 53.1 Å². The van der Waals surface area contributed by atoms with Crippen LogP contribution in [0.2, 0.25) is 0 Å². The first kappa shape index (κ1) is 19.1. The van der Waals surface area contributed by atoms with Gasteiger partial charge in [-0.2, -0.15) is 0 Å². The minimum Gasteiger partial charge on any atom is -0.362 e. The minimum absolute atomic E-state index is 0.504. The summed E-state index contributed by atoms with van der Waals surface area (Å²) in [5.41, 5.74) is 5.14. The predicted octanol–water partition coefficient (Wildman–Crippen LogP) is 5.21. The molecule has 2 aromatic heterocycles. The van der Waals surface area contributed by atoms with Gasteiger partial charge in [-0.15, -0.1) is 11.3 Å². The van der Waals surface area contributed by atoms with Crippen LogP contribution in [-0.4, -0.2) is 28.0 Å². The SMILES string of the molecule is CCNc1ncc([C@H]2CCCN2Cc2ccc(Cc3ccnc(C)c3)cc2)s1. The van der Waals surface area contributed by atoms with Gasteiger partial charge in [-0.3, -0.25) is 9.88 Å². The van der Waals surface area contributed by atoms with Crippen molar-refractivity contribution in [1.82, 2.24) is 14.9 Å². The maximum absolute atomic E-state index is 4.53. The van der Waals surface area contributed by atoms with E-state index in [1.807, 2.05) is 13.1 Å². The summed E-state index contributed by atoms with van der Waals surface area (Å²) in [6, 6.07) is 13.9. The highest BCUT2D eigenvalue weighted by atomic mass is 32.1. The number of nitrogens with one attached hydrogen (secondary N) is 1. The van der Waals surface area contributed by atoms with Crippen LogP contribution in [-0.2, 0) is 13.0 Å². The van der Waals surface area contributed by atoms with Crippen LogP contribution in [0.15, 0.2) is 48.8 Å². The molecule has 4 nitrogen and oxygen atoms in total. The molecule has 1 fully saturated rings. The number of anilines is 1. The number of pyridine rings is 1. The highest BCUT2D eigenvalue weighted by molar-refractivity contribution is 7.15. The maximum Gasteiger partial charge on any atom is 0.182 e. The van der Waals surface area contributed by atoms with Crippen LogP contribution >= 0.6 is 11.3 Å². The van der Waals surface area contributed by atoms with Crippen LogP contribution in [0.4, 0.5) is 5.13 Å². The summed E-state index contributed by atoms with van der Waals surface area (Å²) >= 11 is 1.80. The molecule has 0 spiro atoms. The molecule has 4 rings (SSSR count). The molecule has 3 aromatic rings. The van der Waals surface area contributed by atoms with Gasteiger partial charge in [-0.05, 0) is 68.5 Å². The molecule has 0 amide bonds. The van der Waals surface area contributed by atoms with Crippen molar-refractivity contribution in [1.29, 1.82) is 0 Å². The molecule has 0 saturated carbocycles. The van der Waals surface area contributed by atoms with Crippen LogP contribution < -0.4 is 5.32 Å². The van der Waals surface area contributed by atoms with E-state index in [4.69, 9.17) is 0 Å². The molecule has 5 heteroatoms. The van der Waals surface area contributed by atoms with E-state index in [-0.39, 0.29) is 0 Å². The molecule has 0 radical (unpaired) electrons. The fourth-order valence-corrected chi connectivity index (χ4v) is 5.01. The molecule has 1 saturated heterocycles. The van der Waals surface area contributed by atoms with Crippen molar-refractivity contribution in [2.45, 2.75) is 45.7 Å². The van der Waals surface area contributed by atoms with Gasteiger partial charge in [0.05, 0.1) is 0 Å². The van der Waals surface area contributed by atoms with E-state index in [0.29, 0.717) is 6.04 Å². The molecule has 0 bridgehead atoms. The van der Waals surface area contributed by atoms with Gasteiger partial charge >= 0.3 is 0 Å². The van der Waals surface area contributed by atoms with E-state index in [0.717, 1.165) is 36.9 Å². The Bertz CT molecular complexity index is 903. The molecule has 1 N–H and O–H groups in total. The molecule has 1 aliphatic rings. The second kappa shape index (κ2) is 8.84. The van der Waals surface area contributed by atoms with E-state index < -0.39 is 0 Å². The minimum atomic E-state index is 0.504. The standard InChI is InChI=1S/C23H28N4S/c1-3-24-23-26-15-22(28-23)21-5-4-12-27(21)16-19-8-6-18(7-9-19)14-20-10-11-25-17(2)13-20/h6-11,13,15,21H,3-5,12,14,16H2,1-2H3,(H,24,26)/t21-/m1/s1. The quantitative estimate of drug-likeness (QED) is 0.599. The molecule has 1 atom stereocenters. The summed E-state index contributed by atoms with van der Waals surface area (Å²) in [5.74, 6) is 0. The summed E-state index contributed by atoms with van der Waals surface area (Å²) in [5, 5.41) is 4.37. The predicted molar refractivity (Wildman–Crippen MR) is 117 cm³/mol. The zero-order valence-corrected chi connectivity index (χ0v) is 17.5. The van der Waals surface area contributed by atoms with Gasteiger partial charge in [0.1, 0.15) is 0 Å². The summed E-state index contributed by atoms with van der Waals surface area (Å²) in [4.78, 5) is 12.8. The number of aryl methyl sites for hydroxylation is 1. The number of hydrogen-bond acceptors (Lipinski definition) is 5. The third-order valence-corrected chi connectivity index (χ3v) is 6.38. The fraction of sp³-hybridized carbons (Fsp3) is 0.391. The van der Waals surface area contributed by atoms with Crippen molar-refractivity contribution in [3.05, 3.63) is 76.1 Å². The van der Waals surface area contributed by atoms with Crippen molar-refractivity contribution in [3.8, 4) is 0 Å². The Hall–Kier alpha value is -2.24. The molecular weight excluding hydrogens is 364 g/mol. The molecule has 0 aliphatic carbocycles. The number of hydrogen-bond donors (Lipinski definition) is 1. The van der Waals surface area contributed by atoms with Crippen molar-refractivity contribution in [3.63, 3.8) is 0 Å². The first-order chi connectivity index (χ1) is 13.7. The van der Waals surface area contributed by atoms with E-state index in [9.17, 15) is 0 Å². The lowest BCUT2D eigenvalue weighted by atomic mass is 10.0. The number of nitrogens with zero attached hydrogens (tertiary/aromatic N) is 3. The Morgan fingerprint density at radius 3 is 2.71 bits per heavy atom. The van der Waals surface area contributed by atoms with Crippen LogP contribution in [0, 0.1) is 6.92 Å². The number of thiazole rings is 1. The third-order valence-electron chi connectivity index (χ3n) is 5.32. The van der Waals surface area contributed by atoms with E-state index in [1.165, 1.54) is 34.4 Å². The van der Waals surface area contributed by atoms with Crippen molar-refractivity contribution in [2.24, 2.45) is 0 Å². The molecule has 28 heavy (non-hydrogen) atoms. The lowest BCUT2D eigenvalue weighted by Gasteiger charge is -2.23. The van der Waals surface area contributed by atoms with E-state index >= 15 is 0 Å². The van der Waals surface area contributed by atoms with Gasteiger partial charge in [0.2, 0.25) is 0 Å². The van der Waals surface area contributed by atoms with Gasteiger partial charge in [0.25, 0.3) is 0 Å². The average molecular weight is 393 g/mol. The second-order valence-corrected chi connectivity index (χ2v) is 8.59. The van der Waals surface area contributed by atoms with Crippen molar-refractivity contribution in [2.75, 3.05) is 18.4 Å². The van der Waals surface area contributed by atoms with Crippen LogP contribution in [0.25, 0.3) is 0 Å². The monoisotopic (exact) mass is 392 g/mol. The largest absolute Gasteiger partial charge is 0.362 e. The van der Waals surface area contributed by atoms with E-state index in [1.54, 1.807) is 11.3 Å². The molecule has 1 aliphatic heterocycles. The van der Waals surface area contributed by atoms with Gasteiger partial charge in [0, 0.05) is 42.1 Å². The fourth-order valence-electron chi connectivity index (χ4n) is 3.96. The molecule has 0 unspecified atom stereocenters. The topological polar surface area (TPSA) is 41.1 Å². The normalized spacial score (nSPS) is 17.1. The third kappa shape index (κ3) is 4.59. The van der Waals surface area contributed by atoms with Crippen molar-refractivity contribution < 1.29 is 0 Å². The molecule has 3 heterocycles. The van der Waals surface area contributed by atoms with Gasteiger partial charge in [-0.1, -0.05) is 24.3 Å². The highest BCUT2D eigenvalue weighted by Gasteiger charge is 2.27. The first-order valence-corrected chi connectivity index (χ1v) is 11.0. The molecule has 1 aromatic carbocycles. The Morgan fingerprint density at radius 2 is 1.93 bits per heavy atom. The molecule has 146 valence electrons. The smallest absolute Gasteiger partial charge is 0.182 e. The molecular formula is C23H28N4S. The summed E-state index contributed by atoms with van der Waals surface area (Å²) in [6.45, 7) is 7.25.